The summed E-state index contributed by atoms with van der Waals surface area (Å²) in [7, 11) is -7.86. The molecule has 0 radical (unpaired) electrons. The van der Waals surface area contributed by atoms with E-state index in [-0.39, 0.29) is 9.79 Å². The monoisotopic (exact) mass is 1090 g/mol. The number of hydrogen-bond acceptors (Lipinski definition) is 12. The Kier molecular flexibility index (Phi) is 17.6. The van der Waals surface area contributed by atoms with Crippen LogP contribution in [0.3, 0.4) is 0 Å². The number of hydrogen-bond donors (Lipinski definition) is 4. The van der Waals surface area contributed by atoms with Gasteiger partial charge in [-0.3, -0.25) is 19.2 Å². The van der Waals surface area contributed by atoms with E-state index in [1.54, 1.807) is 50.2 Å². The van der Waals surface area contributed by atoms with Gasteiger partial charge in [0, 0.05) is 86.4 Å². The van der Waals surface area contributed by atoms with Gasteiger partial charge in [-0.1, -0.05) is 157 Å². The largest absolute Gasteiger partial charge is 0.354 e. The van der Waals surface area contributed by atoms with Gasteiger partial charge < -0.3 is 10.6 Å². The van der Waals surface area contributed by atoms with Gasteiger partial charge in [0.25, 0.3) is 20.0 Å². The maximum atomic E-state index is 13.5. The maximum absolute atomic E-state index is 13.5. The van der Waals surface area contributed by atoms with Crippen molar-refractivity contribution in [1.29, 1.82) is 0 Å². The smallest absolute Gasteiger partial charge is 0.263 e. The first-order chi connectivity index (χ1) is 36.8. The minimum atomic E-state index is -3.93. The van der Waals surface area contributed by atoms with Crippen LogP contribution in [0.4, 0.5) is 23.5 Å². The number of anilines is 4. The summed E-state index contributed by atoms with van der Waals surface area (Å²) in [4.78, 5) is 23.7. The van der Waals surface area contributed by atoms with E-state index in [0.717, 1.165) is 61.5 Å². The molecule has 0 aliphatic carbocycles. The predicted octanol–water partition coefficient (Wildman–Crippen LogP) is 10.9. The minimum Gasteiger partial charge on any atom is -0.354 e. The van der Waals surface area contributed by atoms with Crippen molar-refractivity contribution in [3.8, 4) is 0 Å². The number of nitrogens with zero attached hydrogens (tertiary/aromatic N) is 6. The van der Waals surface area contributed by atoms with Gasteiger partial charge >= 0.3 is 0 Å². The van der Waals surface area contributed by atoms with Crippen LogP contribution in [0.2, 0.25) is 10.0 Å². The molecule has 2 aromatic heterocycles. The Morgan fingerprint density at radius 2 is 0.816 bits per heavy atom. The molecule has 0 saturated carbocycles. The number of fused-ring (bicyclic) bond motifs is 2. The molecule has 10 rings (SSSR count). The van der Waals surface area contributed by atoms with E-state index in [1.807, 2.05) is 72.8 Å². The summed E-state index contributed by atoms with van der Waals surface area (Å²) in [6.07, 6.45) is 3.00. The van der Waals surface area contributed by atoms with E-state index in [4.69, 9.17) is 33.2 Å². The molecule has 0 spiro atoms. The van der Waals surface area contributed by atoms with Crippen LogP contribution in [-0.2, 0) is 71.9 Å². The van der Waals surface area contributed by atoms with E-state index in [2.05, 4.69) is 88.4 Å². The molecule has 2 aliphatic heterocycles. The normalized spacial score (nSPS) is 13.6. The molecule has 0 unspecified atom stereocenters. The van der Waals surface area contributed by atoms with E-state index >= 15 is 0 Å². The molecule has 76 heavy (non-hydrogen) atoms. The second-order valence-electron chi connectivity index (χ2n) is 18.8. The molecule has 18 heteroatoms. The first kappa shape index (κ1) is 53.9. The molecule has 2 aliphatic rings. The van der Waals surface area contributed by atoms with Crippen molar-refractivity contribution in [3.05, 3.63) is 224 Å². The van der Waals surface area contributed by atoms with Gasteiger partial charge in [0.05, 0.1) is 21.2 Å². The highest BCUT2D eigenvalue weighted by atomic mass is 35.5. The minimum absolute atomic E-state index is 0.132. The number of halogens is 2. The number of aromatic nitrogens is 4. The van der Waals surface area contributed by atoms with Crippen LogP contribution < -0.4 is 20.1 Å². The van der Waals surface area contributed by atoms with Gasteiger partial charge in [0.1, 0.15) is 11.6 Å². The standard InChI is InChI=1S/2C29H30ClN5O2S/c2*1-21-25(30)13-8-14-27(21)38(36,37)34-28-24-20-35(19-23-11-6-3-7-12-23)18-16-26(24)32-29(33-28)31-17-15-22-9-4-2-5-10-22/h2*2-14H,15-20H2,1H3,(H2,31,32,33,34). The van der Waals surface area contributed by atoms with Gasteiger partial charge in [-0.15, -0.1) is 0 Å². The fraction of sp³-hybridized carbons (Fsp3) is 0.241. The molecule has 4 heterocycles. The number of nitrogens with one attached hydrogen (secondary N) is 4. The van der Waals surface area contributed by atoms with Gasteiger partial charge in [-0.2, -0.15) is 9.97 Å². The van der Waals surface area contributed by atoms with Crippen molar-refractivity contribution < 1.29 is 16.8 Å². The first-order valence-corrected chi connectivity index (χ1v) is 28.9. The molecule has 8 aromatic rings. The fourth-order valence-electron chi connectivity index (χ4n) is 9.27. The molecule has 4 N–H and O–H groups in total. The molecule has 6 aromatic carbocycles. The highest BCUT2D eigenvalue weighted by molar-refractivity contribution is 7.93. The fourth-order valence-corrected chi connectivity index (χ4v) is 12.3. The summed E-state index contributed by atoms with van der Waals surface area (Å²) in [6, 6.07) is 50.5. The third kappa shape index (κ3) is 13.9. The summed E-state index contributed by atoms with van der Waals surface area (Å²) in [5.41, 5.74) is 9.10. The number of benzene rings is 6. The van der Waals surface area contributed by atoms with Crippen LogP contribution in [0, 0.1) is 13.8 Å². The van der Waals surface area contributed by atoms with Crippen molar-refractivity contribution in [2.24, 2.45) is 0 Å². The average Bonchev–Trinajstić information content (AvgIpc) is 3.43. The summed E-state index contributed by atoms with van der Waals surface area (Å²) in [6.45, 7) is 8.90. The van der Waals surface area contributed by atoms with E-state index in [1.165, 1.54) is 22.3 Å². The Bertz CT molecular complexity index is 3260. The molecule has 0 fully saturated rings. The summed E-state index contributed by atoms with van der Waals surface area (Å²) in [5, 5.41) is 7.37. The summed E-state index contributed by atoms with van der Waals surface area (Å²) >= 11 is 12.5. The SMILES string of the molecule is Cc1c(Cl)cccc1S(=O)(=O)Nc1nc(NCCc2ccccc2)nc2c1CN(Cc1ccccc1)CC2.Cc1c(Cl)cccc1S(=O)(=O)Nc1nc(NCCc2ccccc2)nc2c1CN(Cc1ccccc1)CC2. The van der Waals surface area contributed by atoms with Crippen LogP contribution >= 0.6 is 23.2 Å². The van der Waals surface area contributed by atoms with Crippen molar-refractivity contribution in [2.75, 3.05) is 46.3 Å². The van der Waals surface area contributed by atoms with Crippen LogP contribution in [-0.4, -0.2) is 72.8 Å². The average molecular weight is 1100 g/mol. The summed E-state index contributed by atoms with van der Waals surface area (Å²) in [5.74, 6) is 1.43. The Labute approximate surface area is 456 Å². The van der Waals surface area contributed by atoms with Crippen molar-refractivity contribution in [2.45, 2.75) is 75.5 Å². The first-order valence-electron chi connectivity index (χ1n) is 25.2. The van der Waals surface area contributed by atoms with Crippen LogP contribution in [0.1, 0.15) is 55.9 Å². The molecular formula is C58H60Cl2N10O4S2. The van der Waals surface area contributed by atoms with Gasteiger partial charge in [-0.05, 0) is 84.3 Å². The third-order valence-electron chi connectivity index (χ3n) is 13.3. The molecular weight excluding hydrogens is 1040 g/mol. The Balaban J connectivity index is 0.000000186. The molecule has 392 valence electrons. The second kappa shape index (κ2) is 24.8. The molecule has 0 atom stereocenters. The Morgan fingerprint density at radius 3 is 1.18 bits per heavy atom. The predicted molar refractivity (Wildman–Crippen MR) is 304 cm³/mol. The lowest BCUT2D eigenvalue weighted by atomic mass is 10.1. The molecule has 14 nitrogen and oxygen atoms in total. The third-order valence-corrected chi connectivity index (χ3v) is 17.1. The maximum Gasteiger partial charge on any atom is 0.263 e. The zero-order chi connectivity index (χ0) is 53.1. The highest BCUT2D eigenvalue weighted by Gasteiger charge is 2.29. The summed E-state index contributed by atoms with van der Waals surface area (Å²) < 4.78 is 59.4. The lowest BCUT2D eigenvalue weighted by Gasteiger charge is -2.29. The van der Waals surface area contributed by atoms with Crippen LogP contribution in [0.15, 0.2) is 168 Å². The Morgan fingerprint density at radius 1 is 0.461 bits per heavy atom. The van der Waals surface area contributed by atoms with E-state index < -0.39 is 20.0 Å². The lowest BCUT2D eigenvalue weighted by molar-refractivity contribution is 0.243. The zero-order valence-corrected chi connectivity index (χ0v) is 45.5. The van der Waals surface area contributed by atoms with Crippen molar-refractivity contribution >= 4 is 66.8 Å². The molecule has 0 bridgehead atoms. The van der Waals surface area contributed by atoms with E-state index in [9.17, 15) is 16.8 Å². The topological polar surface area (TPSA) is 174 Å². The van der Waals surface area contributed by atoms with E-state index in [0.29, 0.717) is 83.7 Å². The van der Waals surface area contributed by atoms with Gasteiger partial charge in [0.15, 0.2) is 0 Å². The van der Waals surface area contributed by atoms with Gasteiger partial charge in [-0.25, -0.2) is 26.8 Å². The number of sulfonamides is 2. The quantitative estimate of drug-likeness (QED) is 0.0641. The Hall–Kier alpha value is -6.92. The van der Waals surface area contributed by atoms with Gasteiger partial charge in [0.2, 0.25) is 11.9 Å². The number of rotatable bonds is 18. The van der Waals surface area contributed by atoms with Crippen LogP contribution in [0.25, 0.3) is 0 Å². The highest BCUT2D eigenvalue weighted by Crippen LogP contribution is 2.32. The molecule has 0 amide bonds. The van der Waals surface area contributed by atoms with Crippen molar-refractivity contribution in [3.63, 3.8) is 0 Å². The second-order valence-corrected chi connectivity index (χ2v) is 22.9. The zero-order valence-electron chi connectivity index (χ0n) is 42.4. The van der Waals surface area contributed by atoms with Crippen LogP contribution in [0.5, 0.6) is 0 Å². The lowest BCUT2D eigenvalue weighted by Crippen LogP contribution is -2.32. The molecule has 0 saturated heterocycles. The van der Waals surface area contributed by atoms with Crippen molar-refractivity contribution in [1.82, 2.24) is 29.7 Å².